The Morgan fingerprint density at radius 3 is 3.27 bits per heavy atom. The highest BCUT2D eigenvalue weighted by atomic mass is 35.5. The minimum atomic E-state index is 0.447. The molecule has 82 valence electrons. The molecule has 0 saturated carbocycles. The first-order chi connectivity index (χ1) is 7.29. The molecule has 0 radical (unpaired) electrons. The lowest BCUT2D eigenvalue weighted by Gasteiger charge is -2.17. The summed E-state index contributed by atoms with van der Waals surface area (Å²) in [5, 5.41) is 8.02. The van der Waals surface area contributed by atoms with Crippen molar-refractivity contribution in [3.63, 3.8) is 0 Å². The molecule has 1 aliphatic heterocycles. The van der Waals surface area contributed by atoms with Crippen LogP contribution in [0, 0.1) is 5.92 Å². The molecule has 0 bridgehead atoms. The van der Waals surface area contributed by atoms with Gasteiger partial charge in [-0.05, 0) is 6.42 Å². The van der Waals surface area contributed by atoms with E-state index in [1.807, 2.05) is 6.07 Å². The number of methoxy groups -OCH3 is 1. The molecule has 1 fully saturated rings. The van der Waals surface area contributed by atoms with Crippen LogP contribution in [0.25, 0.3) is 0 Å². The molecular formula is C10H14ClN3O. The average Bonchev–Trinajstić information content (AvgIpc) is 2.67. The summed E-state index contributed by atoms with van der Waals surface area (Å²) < 4.78 is 5.15. The van der Waals surface area contributed by atoms with Crippen molar-refractivity contribution in [1.29, 1.82) is 0 Å². The third kappa shape index (κ3) is 2.58. The molecule has 1 aromatic heterocycles. The van der Waals surface area contributed by atoms with Crippen LogP contribution < -0.4 is 4.90 Å². The van der Waals surface area contributed by atoms with Crippen LogP contribution in [0.3, 0.4) is 0 Å². The molecule has 5 heteroatoms. The molecule has 0 spiro atoms. The Bertz CT molecular complexity index is 334. The third-order valence-electron chi connectivity index (χ3n) is 2.66. The van der Waals surface area contributed by atoms with E-state index in [-0.39, 0.29) is 0 Å². The fourth-order valence-corrected chi connectivity index (χ4v) is 2.10. The SMILES string of the molecule is COCC1CCN(c2cnnc(Cl)c2)C1. The van der Waals surface area contributed by atoms with Crippen LogP contribution in [-0.4, -0.2) is 37.0 Å². The van der Waals surface area contributed by atoms with Gasteiger partial charge in [-0.3, -0.25) is 0 Å². The summed E-state index contributed by atoms with van der Waals surface area (Å²) >= 11 is 5.80. The van der Waals surface area contributed by atoms with Crippen molar-refractivity contribution in [2.24, 2.45) is 5.92 Å². The van der Waals surface area contributed by atoms with Gasteiger partial charge in [0.1, 0.15) is 0 Å². The van der Waals surface area contributed by atoms with E-state index in [9.17, 15) is 0 Å². The van der Waals surface area contributed by atoms with E-state index in [2.05, 4.69) is 15.1 Å². The Morgan fingerprint density at radius 1 is 1.67 bits per heavy atom. The first-order valence-corrected chi connectivity index (χ1v) is 5.39. The third-order valence-corrected chi connectivity index (χ3v) is 2.85. The molecule has 4 nitrogen and oxygen atoms in total. The second kappa shape index (κ2) is 4.77. The van der Waals surface area contributed by atoms with Gasteiger partial charge < -0.3 is 9.64 Å². The van der Waals surface area contributed by atoms with Crippen molar-refractivity contribution in [3.05, 3.63) is 17.4 Å². The second-order valence-electron chi connectivity index (χ2n) is 3.79. The molecule has 1 unspecified atom stereocenters. The molecular weight excluding hydrogens is 214 g/mol. The average molecular weight is 228 g/mol. The molecule has 0 aliphatic carbocycles. The first kappa shape index (κ1) is 10.6. The smallest absolute Gasteiger partial charge is 0.153 e. The zero-order chi connectivity index (χ0) is 10.7. The zero-order valence-electron chi connectivity index (χ0n) is 8.69. The molecule has 0 N–H and O–H groups in total. The van der Waals surface area contributed by atoms with Crippen LogP contribution in [0.15, 0.2) is 12.3 Å². The number of halogens is 1. The van der Waals surface area contributed by atoms with Crippen molar-refractivity contribution in [2.75, 3.05) is 31.7 Å². The van der Waals surface area contributed by atoms with Gasteiger partial charge in [-0.25, -0.2) is 0 Å². The molecule has 2 heterocycles. The Hall–Kier alpha value is -0.870. The number of nitrogens with zero attached hydrogens (tertiary/aromatic N) is 3. The van der Waals surface area contributed by atoms with E-state index in [1.165, 1.54) is 0 Å². The van der Waals surface area contributed by atoms with Crippen molar-refractivity contribution < 1.29 is 4.74 Å². The van der Waals surface area contributed by atoms with E-state index in [1.54, 1.807) is 13.3 Å². The van der Waals surface area contributed by atoms with Gasteiger partial charge in [-0.2, -0.15) is 5.10 Å². The summed E-state index contributed by atoms with van der Waals surface area (Å²) in [7, 11) is 1.74. The first-order valence-electron chi connectivity index (χ1n) is 5.01. The number of hydrogen-bond acceptors (Lipinski definition) is 4. The summed E-state index contributed by atoms with van der Waals surface area (Å²) in [5.41, 5.74) is 1.05. The molecule has 1 aliphatic rings. The van der Waals surface area contributed by atoms with Crippen LogP contribution in [0.4, 0.5) is 5.69 Å². The Morgan fingerprint density at radius 2 is 2.53 bits per heavy atom. The van der Waals surface area contributed by atoms with Crippen LogP contribution in [0.2, 0.25) is 5.15 Å². The Labute approximate surface area is 94.2 Å². The largest absolute Gasteiger partial charge is 0.384 e. The van der Waals surface area contributed by atoms with Crippen LogP contribution in [0.5, 0.6) is 0 Å². The molecule has 2 rings (SSSR count). The number of anilines is 1. The van der Waals surface area contributed by atoms with Crippen molar-refractivity contribution in [2.45, 2.75) is 6.42 Å². The van der Waals surface area contributed by atoms with E-state index < -0.39 is 0 Å². The molecule has 0 aromatic carbocycles. The van der Waals surface area contributed by atoms with Crippen molar-refractivity contribution in [1.82, 2.24) is 10.2 Å². The molecule has 15 heavy (non-hydrogen) atoms. The lowest BCUT2D eigenvalue weighted by atomic mass is 10.1. The summed E-state index contributed by atoms with van der Waals surface area (Å²) in [5.74, 6) is 0.613. The molecule has 1 aromatic rings. The summed E-state index contributed by atoms with van der Waals surface area (Å²) in [6, 6.07) is 1.85. The van der Waals surface area contributed by atoms with Crippen molar-refractivity contribution in [3.8, 4) is 0 Å². The number of hydrogen-bond donors (Lipinski definition) is 0. The van der Waals surface area contributed by atoms with Crippen LogP contribution >= 0.6 is 11.6 Å². The lowest BCUT2D eigenvalue weighted by molar-refractivity contribution is 0.161. The number of rotatable bonds is 3. The van der Waals surface area contributed by atoms with Crippen LogP contribution in [-0.2, 0) is 4.74 Å². The maximum atomic E-state index is 5.80. The van der Waals surface area contributed by atoms with E-state index >= 15 is 0 Å². The summed E-state index contributed by atoms with van der Waals surface area (Å²) in [6.45, 7) is 2.87. The van der Waals surface area contributed by atoms with E-state index in [0.717, 1.165) is 31.8 Å². The Kier molecular flexibility index (Phi) is 3.38. The highest BCUT2D eigenvalue weighted by Gasteiger charge is 2.22. The second-order valence-corrected chi connectivity index (χ2v) is 4.18. The molecule has 0 amide bonds. The topological polar surface area (TPSA) is 38.2 Å². The Balaban J connectivity index is 2.01. The molecule has 1 atom stereocenters. The zero-order valence-corrected chi connectivity index (χ0v) is 9.44. The number of aromatic nitrogens is 2. The highest BCUT2D eigenvalue weighted by molar-refractivity contribution is 6.29. The van der Waals surface area contributed by atoms with E-state index in [4.69, 9.17) is 16.3 Å². The fraction of sp³-hybridized carbons (Fsp3) is 0.600. The summed E-state index contributed by atoms with van der Waals surface area (Å²) in [6.07, 6.45) is 2.91. The van der Waals surface area contributed by atoms with Gasteiger partial charge in [0.05, 0.1) is 18.5 Å². The molecule has 1 saturated heterocycles. The van der Waals surface area contributed by atoms with E-state index in [0.29, 0.717) is 11.1 Å². The van der Waals surface area contributed by atoms with Gasteiger partial charge in [0.25, 0.3) is 0 Å². The highest BCUT2D eigenvalue weighted by Crippen LogP contribution is 2.24. The predicted molar refractivity (Wildman–Crippen MR) is 59.2 cm³/mol. The fourth-order valence-electron chi connectivity index (χ4n) is 1.94. The quantitative estimate of drug-likeness (QED) is 0.786. The minimum Gasteiger partial charge on any atom is -0.384 e. The maximum Gasteiger partial charge on any atom is 0.153 e. The number of ether oxygens (including phenoxy) is 1. The van der Waals surface area contributed by atoms with Gasteiger partial charge >= 0.3 is 0 Å². The van der Waals surface area contributed by atoms with Gasteiger partial charge in [-0.1, -0.05) is 11.6 Å². The minimum absolute atomic E-state index is 0.447. The predicted octanol–water partition coefficient (Wildman–Crippen LogP) is 1.60. The lowest BCUT2D eigenvalue weighted by Crippen LogP contribution is -2.21. The summed E-state index contributed by atoms with van der Waals surface area (Å²) in [4.78, 5) is 2.27. The monoisotopic (exact) mass is 227 g/mol. The van der Waals surface area contributed by atoms with Crippen molar-refractivity contribution >= 4 is 17.3 Å². The standard InChI is InChI=1S/C10H14ClN3O/c1-15-7-8-2-3-14(6-8)9-4-10(11)13-12-5-9/h4-5,8H,2-3,6-7H2,1H3. The van der Waals surface area contributed by atoms with Gasteiger partial charge in [0.2, 0.25) is 0 Å². The van der Waals surface area contributed by atoms with Gasteiger partial charge in [0, 0.05) is 32.2 Å². The van der Waals surface area contributed by atoms with Gasteiger partial charge in [0.15, 0.2) is 5.15 Å². The van der Waals surface area contributed by atoms with Gasteiger partial charge in [-0.15, -0.1) is 5.10 Å². The normalized spacial score (nSPS) is 20.9. The maximum absolute atomic E-state index is 5.80. The van der Waals surface area contributed by atoms with Crippen LogP contribution in [0.1, 0.15) is 6.42 Å².